The molecule has 0 radical (unpaired) electrons. The minimum atomic E-state index is 0.775. The van der Waals surface area contributed by atoms with Crippen molar-refractivity contribution in [1.82, 2.24) is 19.7 Å². The Morgan fingerprint density at radius 3 is 2.74 bits per heavy atom. The molecule has 1 N–H and O–H groups in total. The monoisotopic (exact) mass is 260 g/mol. The van der Waals surface area contributed by atoms with Crippen molar-refractivity contribution >= 4 is 11.6 Å². The standard InChI is InChI=1S/C13H20N6/c1-5-11-16-12(14-2)6-13(17-11)18(3)8-10-7-15-19(4)9-10/h6-7,9H,5,8H2,1-4H3,(H,14,16,17). The molecule has 0 aliphatic carbocycles. The van der Waals surface area contributed by atoms with Gasteiger partial charge in [-0.1, -0.05) is 6.92 Å². The van der Waals surface area contributed by atoms with Crippen LogP contribution in [0.25, 0.3) is 0 Å². The molecule has 0 bridgehead atoms. The summed E-state index contributed by atoms with van der Waals surface area (Å²) in [6.07, 6.45) is 4.71. The van der Waals surface area contributed by atoms with Gasteiger partial charge in [0.05, 0.1) is 6.20 Å². The van der Waals surface area contributed by atoms with Gasteiger partial charge < -0.3 is 10.2 Å². The maximum Gasteiger partial charge on any atom is 0.134 e. The van der Waals surface area contributed by atoms with E-state index in [4.69, 9.17) is 0 Å². The van der Waals surface area contributed by atoms with Gasteiger partial charge in [0, 0.05) is 51.9 Å². The van der Waals surface area contributed by atoms with Crippen LogP contribution in [-0.4, -0.2) is 33.8 Å². The van der Waals surface area contributed by atoms with Crippen molar-refractivity contribution in [3.63, 3.8) is 0 Å². The predicted octanol–water partition coefficient (Wildman–Crippen LogP) is 1.45. The van der Waals surface area contributed by atoms with Gasteiger partial charge in [-0.25, -0.2) is 9.97 Å². The third-order valence-electron chi connectivity index (χ3n) is 2.90. The number of hydrogen-bond donors (Lipinski definition) is 1. The van der Waals surface area contributed by atoms with Crippen molar-refractivity contribution < 1.29 is 0 Å². The van der Waals surface area contributed by atoms with Crippen LogP contribution < -0.4 is 10.2 Å². The fourth-order valence-corrected chi connectivity index (χ4v) is 1.87. The summed E-state index contributed by atoms with van der Waals surface area (Å²) in [5.41, 5.74) is 1.16. The average Bonchev–Trinajstić information content (AvgIpc) is 2.83. The molecule has 2 heterocycles. The second kappa shape index (κ2) is 5.69. The summed E-state index contributed by atoms with van der Waals surface area (Å²) >= 11 is 0. The first kappa shape index (κ1) is 13.3. The number of anilines is 2. The summed E-state index contributed by atoms with van der Waals surface area (Å²) in [6.45, 7) is 2.83. The number of nitrogens with one attached hydrogen (secondary N) is 1. The zero-order valence-corrected chi connectivity index (χ0v) is 11.9. The maximum atomic E-state index is 4.55. The van der Waals surface area contributed by atoms with E-state index in [1.54, 1.807) is 4.68 Å². The van der Waals surface area contributed by atoms with E-state index in [1.165, 1.54) is 0 Å². The van der Waals surface area contributed by atoms with Crippen LogP contribution in [0.5, 0.6) is 0 Å². The lowest BCUT2D eigenvalue weighted by molar-refractivity contribution is 0.766. The predicted molar refractivity (Wildman–Crippen MR) is 76.3 cm³/mol. The number of rotatable bonds is 5. The van der Waals surface area contributed by atoms with E-state index in [1.807, 2.05) is 39.6 Å². The van der Waals surface area contributed by atoms with E-state index in [0.717, 1.165) is 36.0 Å². The molecule has 0 atom stereocenters. The minimum Gasteiger partial charge on any atom is -0.373 e. The van der Waals surface area contributed by atoms with Gasteiger partial charge in [0.1, 0.15) is 17.5 Å². The normalized spacial score (nSPS) is 10.5. The number of aryl methyl sites for hydroxylation is 2. The molecule has 2 rings (SSSR count). The fourth-order valence-electron chi connectivity index (χ4n) is 1.87. The Kier molecular flexibility index (Phi) is 3.99. The van der Waals surface area contributed by atoms with Crippen LogP contribution in [0.4, 0.5) is 11.6 Å². The zero-order valence-electron chi connectivity index (χ0n) is 11.9. The summed E-state index contributed by atoms with van der Waals surface area (Å²) in [4.78, 5) is 11.0. The van der Waals surface area contributed by atoms with E-state index < -0.39 is 0 Å². The Morgan fingerprint density at radius 2 is 2.16 bits per heavy atom. The van der Waals surface area contributed by atoms with Crippen LogP contribution >= 0.6 is 0 Å². The fraction of sp³-hybridized carbons (Fsp3) is 0.462. The van der Waals surface area contributed by atoms with Gasteiger partial charge in [-0.2, -0.15) is 5.10 Å². The largest absolute Gasteiger partial charge is 0.373 e. The second-order valence-electron chi connectivity index (χ2n) is 4.51. The molecule has 2 aromatic rings. The van der Waals surface area contributed by atoms with Crippen LogP contribution in [0.1, 0.15) is 18.3 Å². The third-order valence-corrected chi connectivity index (χ3v) is 2.90. The van der Waals surface area contributed by atoms with Crippen molar-refractivity contribution in [3.05, 3.63) is 29.8 Å². The molecule has 2 aromatic heterocycles. The Bertz CT molecular complexity index is 526. The van der Waals surface area contributed by atoms with Gasteiger partial charge in [0.2, 0.25) is 0 Å². The summed E-state index contributed by atoms with van der Waals surface area (Å²) < 4.78 is 1.81. The van der Waals surface area contributed by atoms with E-state index in [0.29, 0.717) is 0 Å². The third kappa shape index (κ3) is 3.21. The van der Waals surface area contributed by atoms with Crippen molar-refractivity contribution in [3.8, 4) is 0 Å². The van der Waals surface area contributed by atoms with Crippen LogP contribution in [0.2, 0.25) is 0 Å². The average molecular weight is 260 g/mol. The SMILES string of the molecule is CCc1nc(NC)cc(N(C)Cc2cnn(C)c2)n1. The molecule has 0 saturated carbocycles. The molecule has 0 spiro atoms. The summed E-state index contributed by atoms with van der Waals surface area (Å²) in [6, 6.07) is 1.95. The van der Waals surface area contributed by atoms with Crippen LogP contribution in [-0.2, 0) is 20.0 Å². The molecule has 0 fully saturated rings. The highest BCUT2D eigenvalue weighted by Crippen LogP contribution is 2.16. The molecule has 0 aliphatic heterocycles. The van der Waals surface area contributed by atoms with Gasteiger partial charge in [0.15, 0.2) is 0 Å². The molecule has 0 amide bonds. The van der Waals surface area contributed by atoms with E-state index >= 15 is 0 Å². The van der Waals surface area contributed by atoms with Crippen molar-refractivity contribution in [2.24, 2.45) is 7.05 Å². The molecule has 0 aliphatic rings. The quantitative estimate of drug-likeness (QED) is 0.881. The molecule has 0 unspecified atom stereocenters. The molecule has 102 valence electrons. The lowest BCUT2D eigenvalue weighted by atomic mass is 10.3. The number of hydrogen-bond acceptors (Lipinski definition) is 5. The topological polar surface area (TPSA) is 58.9 Å². The lowest BCUT2D eigenvalue weighted by Crippen LogP contribution is -2.18. The van der Waals surface area contributed by atoms with Gasteiger partial charge in [0.25, 0.3) is 0 Å². The van der Waals surface area contributed by atoms with Gasteiger partial charge in [-0.05, 0) is 0 Å². The maximum absolute atomic E-state index is 4.55. The van der Waals surface area contributed by atoms with Crippen LogP contribution in [0.3, 0.4) is 0 Å². The summed E-state index contributed by atoms with van der Waals surface area (Å²) in [5.74, 6) is 2.61. The van der Waals surface area contributed by atoms with E-state index in [-0.39, 0.29) is 0 Å². The summed E-state index contributed by atoms with van der Waals surface area (Å²) in [7, 11) is 5.81. The lowest BCUT2D eigenvalue weighted by Gasteiger charge is -2.18. The smallest absolute Gasteiger partial charge is 0.134 e. The molecule has 0 aromatic carbocycles. The van der Waals surface area contributed by atoms with Gasteiger partial charge >= 0.3 is 0 Å². The highest BCUT2D eigenvalue weighted by molar-refractivity contribution is 5.49. The first-order chi connectivity index (χ1) is 9.12. The van der Waals surface area contributed by atoms with Gasteiger partial charge in [-0.3, -0.25) is 4.68 Å². The second-order valence-corrected chi connectivity index (χ2v) is 4.51. The summed E-state index contributed by atoms with van der Waals surface area (Å²) in [5, 5.41) is 7.25. The van der Waals surface area contributed by atoms with Crippen LogP contribution in [0.15, 0.2) is 18.5 Å². The van der Waals surface area contributed by atoms with Crippen molar-refractivity contribution in [2.45, 2.75) is 19.9 Å². The molecular weight excluding hydrogens is 240 g/mol. The number of nitrogens with zero attached hydrogens (tertiary/aromatic N) is 5. The van der Waals surface area contributed by atoms with Crippen molar-refractivity contribution in [2.75, 3.05) is 24.3 Å². The Balaban J connectivity index is 2.20. The molecule has 0 saturated heterocycles. The molecule has 19 heavy (non-hydrogen) atoms. The molecule has 6 nitrogen and oxygen atoms in total. The van der Waals surface area contributed by atoms with Crippen molar-refractivity contribution in [1.29, 1.82) is 0 Å². The van der Waals surface area contributed by atoms with E-state index in [9.17, 15) is 0 Å². The zero-order chi connectivity index (χ0) is 13.8. The highest BCUT2D eigenvalue weighted by atomic mass is 15.2. The highest BCUT2D eigenvalue weighted by Gasteiger charge is 2.08. The first-order valence-electron chi connectivity index (χ1n) is 6.36. The first-order valence-corrected chi connectivity index (χ1v) is 6.36. The minimum absolute atomic E-state index is 0.775. The Hall–Kier alpha value is -2.11. The van der Waals surface area contributed by atoms with Crippen LogP contribution in [0, 0.1) is 0 Å². The van der Waals surface area contributed by atoms with E-state index in [2.05, 4.69) is 32.2 Å². The molecular formula is C13H20N6. The Labute approximate surface area is 113 Å². The number of aromatic nitrogens is 4. The van der Waals surface area contributed by atoms with Gasteiger partial charge in [-0.15, -0.1) is 0 Å². The molecule has 6 heteroatoms. The Morgan fingerprint density at radius 1 is 1.37 bits per heavy atom.